The first-order valence-corrected chi connectivity index (χ1v) is 8.72. The molecule has 0 unspecified atom stereocenters. The number of hydrogen-bond donors (Lipinski definition) is 1. The highest BCUT2D eigenvalue weighted by atomic mass is 127. The fourth-order valence-electron chi connectivity index (χ4n) is 2.20. The lowest BCUT2D eigenvalue weighted by Crippen LogP contribution is -2.52. The molecule has 1 aliphatic rings. The van der Waals surface area contributed by atoms with Crippen LogP contribution in [0.4, 0.5) is 19.7 Å². The van der Waals surface area contributed by atoms with Crippen LogP contribution in [0.5, 0.6) is 0 Å². The molecule has 1 fully saturated rings. The van der Waals surface area contributed by atoms with Crippen LogP contribution in [0.1, 0.15) is 20.8 Å². The Morgan fingerprint density at radius 2 is 1.75 bits per heavy atom. The summed E-state index contributed by atoms with van der Waals surface area (Å²) in [6.45, 7) is 6.95. The lowest BCUT2D eigenvalue weighted by atomic mass is 10.2. The molecule has 2 rings (SSSR count). The minimum absolute atomic E-state index is 0.148. The molecule has 3 amide bonds. The molecular formula is C16H21FIN3O3. The molecule has 1 saturated heterocycles. The number of nitrogens with one attached hydrogen (secondary N) is 1. The molecule has 0 aliphatic carbocycles. The van der Waals surface area contributed by atoms with E-state index in [0.717, 1.165) is 3.57 Å². The number of rotatable bonds is 1. The van der Waals surface area contributed by atoms with Crippen LogP contribution in [0.25, 0.3) is 0 Å². The number of hydrogen-bond acceptors (Lipinski definition) is 3. The second-order valence-electron chi connectivity index (χ2n) is 6.51. The monoisotopic (exact) mass is 449 g/mol. The van der Waals surface area contributed by atoms with Gasteiger partial charge in [0.1, 0.15) is 11.4 Å². The van der Waals surface area contributed by atoms with Crippen molar-refractivity contribution in [2.75, 3.05) is 31.5 Å². The second-order valence-corrected chi connectivity index (χ2v) is 7.75. The van der Waals surface area contributed by atoms with Gasteiger partial charge in [-0.2, -0.15) is 0 Å². The van der Waals surface area contributed by atoms with E-state index >= 15 is 0 Å². The van der Waals surface area contributed by atoms with Crippen molar-refractivity contribution in [2.45, 2.75) is 26.4 Å². The Kier molecular flexibility index (Phi) is 5.89. The Hall–Kier alpha value is -1.58. The smallest absolute Gasteiger partial charge is 0.410 e. The van der Waals surface area contributed by atoms with Gasteiger partial charge in [0, 0.05) is 29.7 Å². The van der Waals surface area contributed by atoms with Gasteiger partial charge >= 0.3 is 12.1 Å². The van der Waals surface area contributed by atoms with E-state index in [0.29, 0.717) is 26.2 Å². The number of amides is 3. The third-order valence-corrected chi connectivity index (χ3v) is 4.06. The number of anilines is 1. The Morgan fingerprint density at radius 1 is 1.17 bits per heavy atom. The molecular weight excluding hydrogens is 428 g/mol. The van der Waals surface area contributed by atoms with Gasteiger partial charge in [0.05, 0.1) is 5.69 Å². The molecule has 132 valence electrons. The maximum atomic E-state index is 13.8. The number of piperazine rings is 1. The minimum Gasteiger partial charge on any atom is -0.444 e. The summed E-state index contributed by atoms with van der Waals surface area (Å²) < 4.78 is 19.9. The number of carbonyl (C=O) groups excluding carboxylic acids is 2. The van der Waals surface area contributed by atoms with Gasteiger partial charge in [-0.15, -0.1) is 0 Å². The SMILES string of the molecule is CC(C)(C)OC(=O)N1CCN(C(=O)Nc2ccc(I)cc2F)CC1. The van der Waals surface area contributed by atoms with E-state index in [1.807, 2.05) is 43.4 Å². The minimum atomic E-state index is -0.548. The summed E-state index contributed by atoms with van der Waals surface area (Å²) in [5, 5.41) is 2.56. The van der Waals surface area contributed by atoms with E-state index in [1.54, 1.807) is 15.9 Å². The molecule has 1 N–H and O–H groups in total. The lowest BCUT2D eigenvalue weighted by Gasteiger charge is -2.35. The zero-order valence-electron chi connectivity index (χ0n) is 13.9. The van der Waals surface area contributed by atoms with Crippen LogP contribution >= 0.6 is 22.6 Å². The average molecular weight is 449 g/mol. The molecule has 0 atom stereocenters. The predicted octanol–water partition coefficient (Wildman–Crippen LogP) is 3.51. The van der Waals surface area contributed by atoms with Crippen molar-refractivity contribution in [3.8, 4) is 0 Å². The van der Waals surface area contributed by atoms with Crippen molar-refractivity contribution < 1.29 is 18.7 Å². The molecule has 0 spiro atoms. The molecule has 24 heavy (non-hydrogen) atoms. The maximum absolute atomic E-state index is 13.8. The first kappa shape index (κ1) is 18.8. The van der Waals surface area contributed by atoms with Crippen LogP contribution in [-0.2, 0) is 4.74 Å². The summed E-state index contributed by atoms with van der Waals surface area (Å²) in [6, 6.07) is 4.24. The Bertz CT molecular complexity index is 625. The molecule has 1 aliphatic heterocycles. The maximum Gasteiger partial charge on any atom is 0.410 e. The van der Waals surface area contributed by atoms with Crippen LogP contribution in [0.15, 0.2) is 18.2 Å². The molecule has 6 nitrogen and oxygen atoms in total. The highest BCUT2D eigenvalue weighted by molar-refractivity contribution is 14.1. The molecule has 1 heterocycles. The number of nitrogens with zero attached hydrogens (tertiary/aromatic N) is 2. The Balaban J connectivity index is 1.87. The Labute approximate surface area is 154 Å². The van der Waals surface area contributed by atoms with E-state index in [9.17, 15) is 14.0 Å². The number of halogens is 2. The summed E-state index contributed by atoms with van der Waals surface area (Å²) in [5.41, 5.74) is -0.400. The van der Waals surface area contributed by atoms with Gasteiger partial charge in [-0.05, 0) is 61.6 Å². The second kappa shape index (κ2) is 7.54. The third kappa shape index (κ3) is 5.22. The quantitative estimate of drug-likeness (QED) is 0.668. The van der Waals surface area contributed by atoms with Gasteiger partial charge in [0.25, 0.3) is 0 Å². The molecule has 8 heteroatoms. The van der Waals surface area contributed by atoms with E-state index in [-0.39, 0.29) is 17.8 Å². The van der Waals surface area contributed by atoms with Gasteiger partial charge in [-0.25, -0.2) is 14.0 Å². The van der Waals surface area contributed by atoms with Crippen molar-refractivity contribution in [1.82, 2.24) is 9.80 Å². The van der Waals surface area contributed by atoms with Crippen LogP contribution in [0.2, 0.25) is 0 Å². The van der Waals surface area contributed by atoms with E-state index in [4.69, 9.17) is 4.74 Å². The highest BCUT2D eigenvalue weighted by Gasteiger charge is 2.27. The van der Waals surface area contributed by atoms with Crippen LogP contribution in [0.3, 0.4) is 0 Å². The van der Waals surface area contributed by atoms with Crippen LogP contribution in [0, 0.1) is 9.39 Å². The predicted molar refractivity (Wildman–Crippen MR) is 97.5 cm³/mol. The van der Waals surface area contributed by atoms with Gasteiger partial charge in [-0.3, -0.25) is 0 Å². The molecule has 0 saturated carbocycles. The fourth-order valence-corrected chi connectivity index (χ4v) is 2.66. The standard InChI is InChI=1S/C16H21FIN3O3/c1-16(2,3)24-15(23)21-8-6-20(7-9-21)14(22)19-13-5-4-11(18)10-12(13)17/h4-5,10H,6-9H2,1-3H3,(H,19,22). The first-order chi connectivity index (χ1) is 11.2. The van der Waals surface area contributed by atoms with E-state index in [1.165, 1.54) is 12.1 Å². The molecule has 1 aromatic rings. The van der Waals surface area contributed by atoms with E-state index in [2.05, 4.69) is 5.32 Å². The molecule has 0 radical (unpaired) electrons. The topological polar surface area (TPSA) is 61.9 Å². The number of benzene rings is 1. The van der Waals surface area contributed by atoms with Crippen molar-refractivity contribution in [1.29, 1.82) is 0 Å². The number of urea groups is 1. The highest BCUT2D eigenvalue weighted by Crippen LogP contribution is 2.18. The van der Waals surface area contributed by atoms with Crippen molar-refractivity contribution in [3.05, 3.63) is 27.6 Å². The average Bonchev–Trinajstić information content (AvgIpc) is 2.48. The normalized spacial score (nSPS) is 15.2. The number of ether oxygens (including phenoxy) is 1. The van der Waals surface area contributed by atoms with Gasteiger partial charge < -0.3 is 19.9 Å². The van der Waals surface area contributed by atoms with E-state index < -0.39 is 11.4 Å². The van der Waals surface area contributed by atoms with Crippen molar-refractivity contribution >= 4 is 40.4 Å². The summed E-state index contributed by atoms with van der Waals surface area (Å²) in [6.07, 6.45) is -0.383. The molecule has 0 aromatic heterocycles. The summed E-state index contributed by atoms with van der Waals surface area (Å²) in [4.78, 5) is 27.3. The summed E-state index contributed by atoms with van der Waals surface area (Å²) >= 11 is 2.00. The van der Waals surface area contributed by atoms with Crippen molar-refractivity contribution in [2.24, 2.45) is 0 Å². The van der Waals surface area contributed by atoms with Gasteiger partial charge in [0.2, 0.25) is 0 Å². The first-order valence-electron chi connectivity index (χ1n) is 7.64. The largest absolute Gasteiger partial charge is 0.444 e. The van der Waals surface area contributed by atoms with Gasteiger partial charge in [0.15, 0.2) is 0 Å². The zero-order valence-corrected chi connectivity index (χ0v) is 16.1. The molecule has 0 bridgehead atoms. The lowest BCUT2D eigenvalue weighted by molar-refractivity contribution is 0.0174. The number of carbonyl (C=O) groups is 2. The van der Waals surface area contributed by atoms with Gasteiger partial charge in [-0.1, -0.05) is 0 Å². The van der Waals surface area contributed by atoms with Crippen LogP contribution < -0.4 is 5.32 Å². The van der Waals surface area contributed by atoms with Crippen LogP contribution in [-0.4, -0.2) is 53.7 Å². The third-order valence-electron chi connectivity index (χ3n) is 3.39. The summed E-state index contributed by atoms with van der Waals surface area (Å²) in [7, 11) is 0. The molecule has 1 aromatic carbocycles. The fraction of sp³-hybridized carbons (Fsp3) is 0.500. The zero-order chi connectivity index (χ0) is 17.9. The summed E-state index contributed by atoms with van der Waals surface area (Å²) in [5.74, 6) is -0.470. The Morgan fingerprint density at radius 3 is 2.29 bits per heavy atom. The van der Waals surface area contributed by atoms with Crippen molar-refractivity contribution in [3.63, 3.8) is 0 Å².